The first-order chi connectivity index (χ1) is 15.1. The predicted octanol–water partition coefficient (Wildman–Crippen LogP) is 6.30. The van der Waals surface area contributed by atoms with Gasteiger partial charge in [0.2, 0.25) is 0 Å². The van der Waals surface area contributed by atoms with E-state index in [0.29, 0.717) is 12.8 Å². The van der Waals surface area contributed by atoms with Gasteiger partial charge in [0.05, 0.1) is 4.08 Å². The average Bonchev–Trinajstić information content (AvgIpc) is 3.00. The standard InChI is InChI=1S/C26H35FO3S2/c1-6-14-32-25(31-7-2)13-11-20-21-9-8-18-15-19(29)10-12-23(18,4)26(21,27)22(30-17(3)28)16-24(20,25)5/h6,10,12,15,20-22H,1,7-9,11,13-14,16H2,2-5H3/t20-,21-,22-,23-,24-,25-,26-/m0/s1. The molecule has 7 atom stereocenters. The molecule has 0 aliphatic heterocycles. The van der Waals surface area contributed by atoms with Crippen LogP contribution in [0.5, 0.6) is 0 Å². The molecule has 32 heavy (non-hydrogen) atoms. The van der Waals surface area contributed by atoms with Gasteiger partial charge in [0.15, 0.2) is 11.5 Å². The zero-order valence-electron chi connectivity index (χ0n) is 19.6. The maximum absolute atomic E-state index is 17.7. The van der Waals surface area contributed by atoms with Crippen LogP contribution in [0.1, 0.15) is 59.8 Å². The molecule has 0 aromatic heterocycles. The van der Waals surface area contributed by atoms with E-state index in [1.165, 1.54) is 13.0 Å². The number of thioether (sulfide) groups is 2. The summed E-state index contributed by atoms with van der Waals surface area (Å²) in [5.74, 6) is 1.33. The van der Waals surface area contributed by atoms with Crippen LogP contribution in [0, 0.1) is 22.7 Å². The molecule has 0 aromatic carbocycles. The van der Waals surface area contributed by atoms with Gasteiger partial charge in [-0.15, -0.1) is 30.1 Å². The van der Waals surface area contributed by atoms with Crippen LogP contribution in [0.3, 0.4) is 0 Å². The summed E-state index contributed by atoms with van der Waals surface area (Å²) in [5.41, 5.74) is -1.96. The highest BCUT2D eigenvalue weighted by Crippen LogP contribution is 2.74. The molecule has 0 saturated heterocycles. The quantitative estimate of drug-likeness (QED) is 0.255. The highest BCUT2D eigenvalue weighted by atomic mass is 32.2. The van der Waals surface area contributed by atoms with Crippen LogP contribution in [0.25, 0.3) is 0 Å². The molecule has 0 amide bonds. The Balaban J connectivity index is 1.84. The molecule has 0 radical (unpaired) electrons. The van der Waals surface area contributed by atoms with E-state index in [1.54, 1.807) is 12.2 Å². The van der Waals surface area contributed by atoms with Crippen molar-refractivity contribution in [1.29, 1.82) is 0 Å². The van der Waals surface area contributed by atoms with Gasteiger partial charge in [0.1, 0.15) is 6.10 Å². The van der Waals surface area contributed by atoms with E-state index in [2.05, 4.69) is 20.4 Å². The number of rotatable bonds is 6. The first kappa shape index (κ1) is 24.1. The smallest absolute Gasteiger partial charge is 0.303 e. The Morgan fingerprint density at radius 2 is 2.06 bits per heavy atom. The molecule has 0 aromatic rings. The van der Waals surface area contributed by atoms with Crippen molar-refractivity contribution in [1.82, 2.24) is 0 Å². The number of halogens is 1. The molecule has 6 heteroatoms. The molecule has 0 bridgehead atoms. The SMILES string of the molecule is C=CCS[C@@]1(SCC)CC[C@H]2[C@@H]3CCC4=CC(=O)C=C[C@]4(C)[C@@]3(F)[C@@H](OC(C)=O)C[C@@]21C. The number of ketones is 1. The molecular weight excluding hydrogens is 443 g/mol. The molecule has 4 aliphatic carbocycles. The fourth-order valence-electron chi connectivity index (χ4n) is 7.39. The van der Waals surface area contributed by atoms with Crippen molar-refractivity contribution >= 4 is 35.3 Å². The summed E-state index contributed by atoms with van der Waals surface area (Å²) in [6.45, 7) is 11.7. The number of hydrogen-bond acceptors (Lipinski definition) is 5. The minimum Gasteiger partial charge on any atom is -0.459 e. The number of ether oxygens (including phenoxy) is 1. The number of carbonyl (C=O) groups excluding carboxylic acids is 2. The summed E-state index contributed by atoms with van der Waals surface area (Å²) >= 11 is 3.91. The Bertz CT molecular complexity index is 884. The van der Waals surface area contributed by atoms with Crippen LogP contribution in [0.15, 0.2) is 36.5 Å². The van der Waals surface area contributed by atoms with Crippen LogP contribution in [-0.2, 0) is 14.3 Å². The second kappa shape index (κ2) is 8.33. The van der Waals surface area contributed by atoms with E-state index in [4.69, 9.17) is 4.74 Å². The molecular formula is C26H35FO3S2. The van der Waals surface area contributed by atoms with E-state index in [-0.39, 0.29) is 27.1 Å². The minimum atomic E-state index is -1.72. The highest BCUT2D eigenvalue weighted by Gasteiger charge is 2.74. The van der Waals surface area contributed by atoms with Gasteiger partial charge in [0.25, 0.3) is 0 Å². The molecule has 3 fully saturated rings. The van der Waals surface area contributed by atoms with Gasteiger partial charge < -0.3 is 4.74 Å². The number of fused-ring (bicyclic) bond motifs is 5. The van der Waals surface area contributed by atoms with E-state index < -0.39 is 23.2 Å². The largest absolute Gasteiger partial charge is 0.459 e. The molecule has 3 nitrogen and oxygen atoms in total. The maximum Gasteiger partial charge on any atom is 0.303 e. The van der Waals surface area contributed by atoms with Crippen molar-refractivity contribution < 1.29 is 18.7 Å². The maximum atomic E-state index is 17.7. The summed E-state index contributed by atoms with van der Waals surface area (Å²) < 4.78 is 23.5. The lowest BCUT2D eigenvalue weighted by Crippen LogP contribution is -2.68. The van der Waals surface area contributed by atoms with Crippen molar-refractivity contribution in [3.8, 4) is 0 Å². The lowest BCUT2D eigenvalue weighted by molar-refractivity contribution is -0.209. The third kappa shape index (κ3) is 3.22. The summed E-state index contributed by atoms with van der Waals surface area (Å²) in [5, 5.41) is 0. The van der Waals surface area contributed by atoms with Crippen LogP contribution in [-0.4, -0.2) is 39.1 Å². The average molecular weight is 479 g/mol. The van der Waals surface area contributed by atoms with Crippen LogP contribution in [0.4, 0.5) is 4.39 Å². The van der Waals surface area contributed by atoms with Gasteiger partial charge in [-0.05, 0) is 68.3 Å². The first-order valence-electron chi connectivity index (χ1n) is 11.8. The number of alkyl halides is 1. The molecule has 0 unspecified atom stereocenters. The zero-order chi connectivity index (χ0) is 23.4. The molecule has 176 valence electrons. The Labute approximate surface area is 200 Å². The van der Waals surface area contributed by atoms with E-state index in [1.807, 2.05) is 36.5 Å². The normalized spacial score (nSPS) is 44.8. The fourth-order valence-corrected chi connectivity index (χ4v) is 10.8. The molecule has 0 N–H and O–H groups in total. The number of hydrogen-bond donors (Lipinski definition) is 0. The summed E-state index contributed by atoms with van der Waals surface area (Å²) in [7, 11) is 0. The van der Waals surface area contributed by atoms with Crippen molar-refractivity contribution in [2.45, 2.75) is 75.7 Å². The highest BCUT2D eigenvalue weighted by molar-refractivity contribution is 8.18. The Hall–Kier alpha value is -1.01. The Kier molecular flexibility index (Phi) is 6.28. The van der Waals surface area contributed by atoms with Gasteiger partial charge in [-0.25, -0.2) is 4.39 Å². The molecule has 4 aliphatic rings. The van der Waals surface area contributed by atoms with E-state index >= 15 is 4.39 Å². The second-order valence-corrected chi connectivity index (χ2v) is 13.3. The van der Waals surface area contributed by atoms with Gasteiger partial charge in [-0.1, -0.05) is 31.6 Å². The second-order valence-electron chi connectivity index (χ2n) is 10.2. The number of esters is 1. The Morgan fingerprint density at radius 3 is 2.72 bits per heavy atom. The molecule has 0 heterocycles. The van der Waals surface area contributed by atoms with Crippen molar-refractivity contribution in [3.63, 3.8) is 0 Å². The number of allylic oxidation sites excluding steroid dienone is 4. The fraction of sp³-hybridized carbons (Fsp3) is 0.692. The van der Waals surface area contributed by atoms with E-state index in [0.717, 1.165) is 36.3 Å². The lowest BCUT2D eigenvalue weighted by atomic mass is 9.46. The van der Waals surface area contributed by atoms with Crippen molar-refractivity contribution in [2.24, 2.45) is 22.7 Å². The lowest BCUT2D eigenvalue weighted by Gasteiger charge is -2.63. The summed E-state index contributed by atoms with van der Waals surface area (Å²) in [6, 6.07) is 0. The predicted molar refractivity (Wildman–Crippen MR) is 131 cm³/mol. The summed E-state index contributed by atoms with van der Waals surface area (Å²) in [6.07, 6.45) is 9.90. The van der Waals surface area contributed by atoms with Crippen LogP contribution < -0.4 is 0 Å². The van der Waals surface area contributed by atoms with Gasteiger partial charge in [-0.3, -0.25) is 9.59 Å². The topological polar surface area (TPSA) is 43.4 Å². The molecule has 3 saturated carbocycles. The third-order valence-corrected chi connectivity index (χ3v) is 12.5. The van der Waals surface area contributed by atoms with Gasteiger partial charge in [-0.2, -0.15) is 0 Å². The zero-order valence-corrected chi connectivity index (χ0v) is 21.3. The molecule has 0 spiro atoms. The molecule has 4 rings (SSSR count). The van der Waals surface area contributed by atoms with Crippen LogP contribution in [0.2, 0.25) is 0 Å². The van der Waals surface area contributed by atoms with Crippen LogP contribution >= 0.6 is 23.5 Å². The van der Waals surface area contributed by atoms with E-state index in [9.17, 15) is 9.59 Å². The Morgan fingerprint density at radius 1 is 1.31 bits per heavy atom. The first-order valence-corrected chi connectivity index (χ1v) is 13.7. The van der Waals surface area contributed by atoms with Gasteiger partial charge in [0, 0.05) is 24.0 Å². The van der Waals surface area contributed by atoms with Gasteiger partial charge >= 0.3 is 5.97 Å². The monoisotopic (exact) mass is 478 g/mol. The third-order valence-electron chi connectivity index (χ3n) is 8.78. The summed E-state index contributed by atoms with van der Waals surface area (Å²) in [4.78, 5) is 24.3. The number of carbonyl (C=O) groups is 2. The minimum absolute atomic E-state index is 0.0459. The van der Waals surface area contributed by atoms with Crippen molar-refractivity contribution in [3.05, 3.63) is 36.5 Å². The van der Waals surface area contributed by atoms with Crippen molar-refractivity contribution in [2.75, 3.05) is 11.5 Å².